The van der Waals surface area contributed by atoms with Gasteiger partial charge in [0, 0.05) is 25.6 Å². The minimum Gasteiger partial charge on any atom is -0.467 e. The van der Waals surface area contributed by atoms with Crippen LogP contribution < -0.4 is 0 Å². The molecular formula is C32H43N3O6. The highest BCUT2D eigenvalue weighted by molar-refractivity contribution is 5.93. The number of hydrogen-bond donors (Lipinski definition) is 0. The van der Waals surface area contributed by atoms with Crippen molar-refractivity contribution >= 4 is 23.9 Å². The van der Waals surface area contributed by atoms with Gasteiger partial charge in [0.1, 0.15) is 24.2 Å². The summed E-state index contributed by atoms with van der Waals surface area (Å²) in [6, 6.07) is 16.9. The summed E-state index contributed by atoms with van der Waals surface area (Å²) in [5, 5.41) is 0. The molecule has 0 aliphatic carbocycles. The van der Waals surface area contributed by atoms with E-state index in [4.69, 9.17) is 9.47 Å². The van der Waals surface area contributed by atoms with Crippen LogP contribution >= 0.6 is 0 Å². The van der Waals surface area contributed by atoms with Crippen LogP contribution in [0.25, 0.3) is 0 Å². The molecule has 1 aliphatic rings. The summed E-state index contributed by atoms with van der Waals surface area (Å²) in [5.41, 5.74) is 0.697. The Morgan fingerprint density at radius 3 is 1.93 bits per heavy atom. The molecule has 1 heterocycles. The molecule has 3 amide bonds. The van der Waals surface area contributed by atoms with Gasteiger partial charge in [-0.3, -0.25) is 14.5 Å². The standard InChI is InChI=1S/C32H43N3O6/c1-7-33(8-2)26(36)22-35(31(39)41-32(3,4)5)28(29(37)34-21-15-20-25(34)30(38)40-6)27(23-16-11-9-12-17-23)24-18-13-10-14-19-24/h9-14,16-19,25,27-28H,7-8,15,20-22H2,1-6H3/t25-,28+/m0/s1. The molecular weight excluding hydrogens is 522 g/mol. The Morgan fingerprint density at radius 1 is 0.927 bits per heavy atom. The molecule has 41 heavy (non-hydrogen) atoms. The van der Waals surface area contributed by atoms with Crippen molar-refractivity contribution in [2.75, 3.05) is 33.3 Å². The zero-order valence-corrected chi connectivity index (χ0v) is 25.0. The third kappa shape index (κ3) is 7.86. The number of benzene rings is 2. The van der Waals surface area contributed by atoms with E-state index in [1.807, 2.05) is 74.5 Å². The molecule has 3 rings (SSSR count). The SMILES string of the molecule is CCN(CC)C(=O)CN(C(=O)OC(C)(C)C)[C@@H](C(=O)N1CCC[C@H]1C(=O)OC)C(c1ccccc1)c1ccccc1. The van der Waals surface area contributed by atoms with Gasteiger partial charge >= 0.3 is 12.1 Å². The molecule has 222 valence electrons. The van der Waals surface area contributed by atoms with Gasteiger partial charge in [0.25, 0.3) is 0 Å². The van der Waals surface area contributed by atoms with Gasteiger partial charge in [0.2, 0.25) is 11.8 Å². The molecule has 9 nitrogen and oxygen atoms in total. The van der Waals surface area contributed by atoms with Gasteiger partial charge in [0.15, 0.2) is 0 Å². The number of esters is 1. The second-order valence-corrected chi connectivity index (χ2v) is 11.1. The van der Waals surface area contributed by atoms with Crippen LogP contribution in [0.15, 0.2) is 60.7 Å². The molecule has 0 unspecified atom stereocenters. The molecule has 0 radical (unpaired) electrons. The predicted molar refractivity (Wildman–Crippen MR) is 156 cm³/mol. The summed E-state index contributed by atoms with van der Waals surface area (Å²) >= 11 is 0. The second kappa shape index (κ2) is 14.1. The Labute approximate surface area is 243 Å². The second-order valence-electron chi connectivity index (χ2n) is 11.1. The van der Waals surface area contributed by atoms with Crippen molar-refractivity contribution in [3.8, 4) is 0 Å². The van der Waals surface area contributed by atoms with E-state index >= 15 is 0 Å². The first-order valence-corrected chi connectivity index (χ1v) is 14.3. The minimum atomic E-state index is -1.18. The molecule has 1 fully saturated rings. The molecule has 0 saturated carbocycles. The zero-order valence-electron chi connectivity index (χ0n) is 25.0. The number of hydrogen-bond acceptors (Lipinski definition) is 6. The maximum atomic E-state index is 14.7. The van der Waals surface area contributed by atoms with E-state index in [0.717, 1.165) is 11.1 Å². The van der Waals surface area contributed by atoms with Crippen LogP contribution in [0.4, 0.5) is 4.79 Å². The quantitative estimate of drug-likeness (QED) is 0.395. The van der Waals surface area contributed by atoms with E-state index in [9.17, 15) is 19.2 Å². The van der Waals surface area contributed by atoms with E-state index in [1.54, 1.807) is 25.7 Å². The van der Waals surface area contributed by atoms with Crippen LogP contribution in [0, 0.1) is 0 Å². The smallest absolute Gasteiger partial charge is 0.411 e. The number of ether oxygens (including phenoxy) is 2. The largest absolute Gasteiger partial charge is 0.467 e. The third-order valence-electron chi connectivity index (χ3n) is 7.28. The summed E-state index contributed by atoms with van der Waals surface area (Å²) in [6.45, 7) is 9.83. The number of nitrogens with zero attached hydrogens (tertiary/aromatic N) is 3. The lowest BCUT2D eigenvalue weighted by molar-refractivity contribution is -0.153. The normalized spacial score (nSPS) is 15.8. The average Bonchev–Trinajstić information content (AvgIpc) is 3.45. The van der Waals surface area contributed by atoms with Gasteiger partial charge < -0.3 is 19.3 Å². The van der Waals surface area contributed by atoms with Crippen molar-refractivity contribution in [3.63, 3.8) is 0 Å². The Bertz CT molecular complexity index is 1140. The van der Waals surface area contributed by atoms with E-state index in [0.29, 0.717) is 32.5 Å². The lowest BCUT2D eigenvalue weighted by Gasteiger charge is -2.40. The summed E-state index contributed by atoms with van der Waals surface area (Å²) in [5.74, 6) is -1.90. The first-order chi connectivity index (χ1) is 19.5. The number of rotatable bonds is 10. The van der Waals surface area contributed by atoms with Crippen molar-refractivity contribution < 1.29 is 28.7 Å². The molecule has 1 saturated heterocycles. The van der Waals surface area contributed by atoms with Crippen molar-refractivity contribution in [2.24, 2.45) is 0 Å². The highest BCUT2D eigenvalue weighted by Gasteiger charge is 2.46. The highest BCUT2D eigenvalue weighted by Crippen LogP contribution is 2.35. The lowest BCUT2D eigenvalue weighted by Crippen LogP contribution is -2.58. The monoisotopic (exact) mass is 565 g/mol. The topological polar surface area (TPSA) is 96.5 Å². The van der Waals surface area contributed by atoms with Gasteiger partial charge in [-0.25, -0.2) is 9.59 Å². The number of methoxy groups -OCH3 is 1. The molecule has 2 aromatic carbocycles. The van der Waals surface area contributed by atoms with Crippen LogP contribution in [0.5, 0.6) is 0 Å². The fraction of sp³-hybridized carbons (Fsp3) is 0.500. The van der Waals surface area contributed by atoms with Crippen molar-refractivity contribution in [1.29, 1.82) is 0 Å². The summed E-state index contributed by atoms with van der Waals surface area (Å²) < 4.78 is 10.8. The minimum absolute atomic E-state index is 0.301. The fourth-order valence-corrected chi connectivity index (χ4v) is 5.33. The Balaban J connectivity index is 2.25. The average molecular weight is 566 g/mol. The van der Waals surface area contributed by atoms with E-state index < -0.39 is 41.6 Å². The Hall–Kier alpha value is -3.88. The Morgan fingerprint density at radius 2 is 1.46 bits per heavy atom. The molecule has 0 aromatic heterocycles. The molecule has 9 heteroatoms. The molecule has 1 aliphatic heterocycles. The third-order valence-corrected chi connectivity index (χ3v) is 7.28. The van der Waals surface area contributed by atoms with Gasteiger partial charge in [-0.15, -0.1) is 0 Å². The van der Waals surface area contributed by atoms with E-state index in [1.165, 1.54) is 16.9 Å². The van der Waals surface area contributed by atoms with Crippen molar-refractivity contribution in [2.45, 2.75) is 71.1 Å². The first kappa shape index (κ1) is 31.6. The molecule has 0 bridgehead atoms. The number of likely N-dealkylation sites (N-methyl/N-ethyl adjacent to an activating group) is 1. The molecule has 0 N–H and O–H groups in total. The van der Waals surface area contributed by atoms with Crippen LogP contribution in [-0.2, 0) is 23.9 Å². The maximum absolute atomic E-state index is 14.7. The van der Waals surface area contributed by atoms with Crippen LogP contribution in [0.2, 0.25) is 0 Å². The van der Waals surface area contributed by atoms with Gasteiger partial charge in [-0.1, -0.05) is 60.7 Å². The summed E-state index contributed by atoms with van der Waals surface area (Å²) in [4.78, 5) is 59.3. The van der Waals surface area contributed by atoms with Crippen LogP contribution in [0.1, 0.15) is 64.5 Å². The fourth-order valence-electron chi connectivity index (χ4n) is 5.33. The first-order valence-electron chi connectivity index (χ1n) is 14.3. The van der Waals surface area contributed by atoms with E-state index in [2.05, 4.69) is 0 Å². The van der Waals surface area contributed by atoms with Crippen LogP contribution in [0.3, 0.4) is 0 Å². The molecule has 2 aromatic rings. The Kier molecular flexibility index (Phi) is 10.9. The highest BCUT2D eigenvalue weighted by atomic mass is 16.6. The molecule has 0 spiro atoms. The van der Waals surface area contributed by atoms with E-state index in [-0.39, 0.29) is 12.5 Å². The number of amides is 3. The van der Waals surface area contributed by atoms with Gasteiger partial charge in [-0.2, -0.15) is 0 Å². The van der Waals surface area contributed by atoms with Gasteiger partial charge in [0.05, 0.1) is 7.11 Å². The number of likely N-dealkylation sites (tertiary alicyclic amines) is 1. The summed E-state index contributed by atoms with van der Waals surface area (Å²) in [6.07, 6.45) is 0.295. The van der Waals surface area contributed by atoms with Crippen molar-refractivity contribution in [3.05, 3.63) is 71.8 Å². The van der Waals surface area contributed by atoms with Crippen LogP contribution in [-0.4, -0.2) is 89.6 Å². The number of carbonyl (C=O) groups is 4. The van der Waals surface area contributed by atoms with Crippen molar-refractivity contribution in [1.82, 2.24) is 14.7 Å². The lowest BCUT2D eigenvalue weighted by atomic mass is 9.83. The van der Waals surface area contributed by atoms with Gasteiger partial charge in [-0.05, 0) is 58.6 Å². The zero-order chi connectivity index (χ0) is 30.2. The number of carbonyl (C=O) groups excluding carboxylic acids is 4. The predicted octanol–water partition coefficient (Wildman–Crippen LogP) is 4.46. The molecule has 2 atom stereocenters. The summed E-state index contributed by atoms with van der Waals surface area (Å²) in [7, 11) is 1.30. The maximum Gasteiger partial charge on any atom is 0.411 e.